The largest absolute Gasteiger partial charge is 0.334 e. The molecule has 0 aliphatic rings. The summed E-state index contributed by atoms with van der Waals surface area (Å²) in [5, 5.41) is 1.97. The summed E-state index contributed by atoms with van der Waals surface area (Å²) in [6, 6.07) is 10.1. The maximum Gasteiger partial charge on any atom is 0.254 e. The first-order valence-electron chi connectivity index (χ1n) is 7.20. The molecule has 5 nitrogen and oxygen atoms in total. The third-order valence-corrected chi connectivity index (χ3v) is 6.13. The lowest BCUT2D eigenvalue weighted by Crippen LogP contribution is -2.30. The van der Waals surface area contributed by atoms with E-state index in [1.165, 1.54) is 26.2 Å². The van der Waals surface area contributed by atoms with Crippen molar-refractivity contribution in [3.63, 3.8) is 0 Å². The van der Waals surface area contributed by atoms with Crippen LogP contribution >= 0.6 is 11.3 Å². The molecule has 1 amide bonds. The van der Waals surface area contributed by atoms with Gasteiger partial charge in [0.2, 0.25) is 10.0 Å². The second-order valence-corrected chi connectivity index (χ2v) is 8.40. The van der Waals surface area contributed by atoms with E-state index in [-0.39, 0.29) is 10.8 Å². The van der Waals surface area contributed by atoms with Crippen LogP contribution in [-0.2, 0) is 16.6 Å². The molecule has 0 fully saturated rings. The Kier molecular flexibility index (Phi) is 5.56. The van der Waals surface area contributed by atoms with Gasteiger partial charge in [0.05, 0.1) is 11.4 Å². The summed E-state index contributed by atoms with van der Waals surface area (Å²) < 4.78 is 25.5. The number of benzene rings is 1. The van der Waals surface area contributed by atoms with Crippen molar-refractivity contribution < 1.29 is 13.2 Å². The molecular formula is C16H20N2O3S2. The van der Waals surface area contributed by atoms with E-state index < -0.39 is 10.0 Å². The Morgan fingerprint density at radius 2 is 1.91 bits per heavy atom. The van der Waals surface area contributed by atoms with Crippen LogP contribution in [-0.4, -0.2) is 44.2 Å². The van der Waals surface area contributed by atoms with Gasteiger partial charge in [0, 0.05) is 31.1 Å². The van der Waals surface area contributed by atoms with E-state index in [4.69, 9.17) is 0 Å². The van der Waals surface area contributed by atoms with Crippen molar-refractivity contribution in [3.8, 4) is 0 Å². The maximum atomic E-state index is 12.7. The Labute approximate surface area is 141 Å². The van der Waals surface area contributed by atoms with Crippen molar-refractivity contribution in [1.29, 1.82) is 0 Å². The number of nitrogens with zero attached hydrogens (tertiary/aromatic N) is 2. The summed E-state index contributed by atoms with van der Waals surface area (Å²) in [4.78, 5) is 15.6. The first kappa shape index (κ1) is 17.7. The van der Waals surface area contributed by atoms with Gasteiger partial charge in [-0.05, 0) is 36.6 Å². The van der Waals surface area contributed by atoms with Gasteiger partial charge in [-0.3, -0.25) is 4.79 Å². The van der Waals surface area contributed by atoms with E-state index >= 15 is 0 Å². The minimum Gasteiger partial charge on any atom is -0.334 e. The molecule has 0 aliphatic heterocycles. The molecule has 0 unspecified atom stereocenters. The SMILES string of the molecule is CCN(Cc1cccs1)C(=O)c1cccc(S(=O)(=O)N(C)C)c1. The van der Waals surface area contributed by atoms with Gasteiger partial charge in [-0.25, -0.2) is 12.7 Å². The Morgan fingerprint density at radius 3 is 2.48 bits per heavy atom. The fourth-order valence-corrected chi connectivity index (χ4v) is 3.77. The lowest BCUT2D eigenvalue weighted by Gasteiger charge is -2.21. The minimum absolute atomic E-state index is 0.125. The molecule has 2 aromatic rings. The van der Waals surface area contributed by atoms with Gasteiger partial charge < -0.3 is 4.90 Å². The van der Waals surface area contributed by atoms with Crippen molar-refractivity contribution in [3.05, 3.63) is 52.2 Å². The van der Waals surface area contributed by atoms with Gasteiger partial charge in [-0.2, -0.15) is 0 Å². The molecule has 1 aromatic carbocycles. The van der Waals surface area contributed by atoms with Crippen LogP contribution in [0.25, 0.3) is 0 Å². The molecule has 0 N–H and O–H groups in total. The Balaban J connectivity index is 2.28. The van der Waals surface area contributed by atoms with Gasteiger partial charge in [0.25, 0.3) is 5.91 Å². The maximum absolute atomic E-state index is 12.7. The van der Waals surface area contributed by atoms with Crippen LogP contribution in [0.3, 0.4) is 0 Å². The predicted molar refractivity (Wildman–Crippen MR) is 92.0 cm³/mol. The third-order valence-electron chi connectivity index (χ3n) is 3.46. The topological polar surface area (TPSA) is 57.7 Å². The van der Waals surface area contributed by atoms with E-state index in [1.54, 1.807) is 28.4 Å². The molecule has 0 radical (unpaired) electrons. The second kappa shape index (κ2) is 7.25. The van der Waals surface area contributed by atoms with Gasteiger partial charge in [0.1, 0.15) is 0 Å². The van der Waals surface area contributed by atoms with Crippen molar-refractivity contribution in [1.82, 2.24) is 9.21 Å². The number of hydrogen-bond donors (Lipinski definition) is 0. The zero-order valence-electron chi connectivity index (χ0n) is 13.4. The summed E-state index contributed by atoms with van der Waals surface area (Å²) >= 11 is 1.59. The zero-order valence-corrected chi connectivity index (χ0v) is 15.0. The normalized spacial score (nSPS) is 11.7. The van der Waals surface area contributed by atoms with Crippen LogP contribution in [0, 0.1) is 0 Å². The fourth-order valence-electron chi connectivity index (χ4n) is 2.10. The first-order valence-corrected chi connectivity index (χ1v) is 9.52. The monoisotopic (exact) mass is 352 g/mol. The van der Waals surface area contributed by atoms with Crippen molar-refractivity contribution in [2.45, 2.75) is 18.4 Å². The lowest BCUT2D eigenvalue weighted by atomic mass is 10.2. The summed E-state index contributed by atoms with van der Waals surface area (Å²) in [5.74, 6) is -0.170. The van der Waals surface area contributed by atoms with E-state index in [2.05, 4.69) is 0 Å². The molecule has 2 rings (SSSR count). The van der Waals surface area contributed by atoms with Gasteiger partial charge in [0.15, 0.2) is 0 Å². The van der Waals surface area contributed by atoms with Crippen LogP contribution in [0.1, 0.15) is 22.2 Å². The van der Waals surface area contributed by atoms with Crippen LogP contribution in [0.15, 0.2) is 46.7 Å². The van der Waals surface area contributed by atoms with E-state index in [0.29, 0.717) is 18.7 Å². The third kappa shape index (κ3) is 3.99. The highest BCUT2D eigenvalue weighted by atomic mass is 32.2. The van der Waals surface area contributed by atoms with Crippen LogP contribution in [0.5, 0.6) is 0 Å². The standard InChI is InChI=1S/C16H20N2O3S2/c1-4-18(12-14-8-6-10-22-14)16(19)13-7-5-9-15(11-13)23(20,21)17(2)3/h5-11H,4,12H2,1-3H3. The van der Waals surface area contributed by atoms with Gasteiger partial charge in [-0.15, -0.1) is 11.3 Å². The summed E-state index contributed by atoms with van der Waals surface area (Å²) in [6.45, 7) is 2.99. The molecule has 7 heteroatoms. The lowest BCUT2D eigenvalue weighted by molar-refractivity contribution is 0.0754. The van der Waals surface area contributed by atoms with Gasteiger partial charge >= 0.3 is 0 Å². The number of thiophene rings is 1. The molecule has 0 atom stereocenters. The Bertz CT molecular complexity index is 768. The summed E-state index contributed by atoms with van der Waals surface area (Å²) in [5.41, 5.74) is 0.381. The quantitative estimate of drug-likeness (QED) is 0.803. The number of sulfonamides is 1. The molecular weight excluding hydrogens is 332 g/mol. The highest BCUT2D eigenvalue weighted by Crippen LogP contribution is 2.18. The Morgan fingerprint density at radius 1 is 1.17 bits per heavy atom. The van der Waals surface area contributed by atoms with Crippen LogP contribution < -0.4 is 0 Å². The number of rotatable bonds is 6. The number of carbonyl (C=O) groups is 1. The molecule has 0 bridgehead atoms. The fraction of sp³-hybridized carbons (Fsp3) is 0.312. The highest BCUT2D eigenvalue weighted by molar-refractivity contribution is 7.89. The van der Waals surface area contributed by atoms with Crippen molar-refractivity contribution in [2.24, 2.45) is 0 Å². The summed E-state index contributed by atoms with van der Waals surface area (Å²) in [7, 11) is -0.608. The average molecular weight is 352 g/mol. The van der Waals surface area contributed by atoms with Crippen LogP contribution in [0.4, 0.5) is 0 Å². The highest BCUT2D eigenvalue weighted by Gasteiger charge is 2.21. The van der Waals surface area contributed by atoms with E-state index in [1.807, 2.05) is 24.4 Å². The van der Waals surface area contributed by atoms with Crippen molar-refractivity contribution in [2.75, 3.05) is 20.6 Å². The predicted octanol–water partition coefficient (Wildman–Crippen LogP) is 2.66. The molecule has 0 saturated carbocycles. The molecule has 1 aromatic heterocycles. The van der Waals surface area contributed by atoms with E-state index in [0.717, 1.165) is 9.18 Å². The second-order valence-electron chi connectivity index (χ2n) is 5.21. The minimum atomic E-state index is -3.55. The van der Waals surface area contributed by atoms with Gasteiger partial charge in [-0.1, -0.05) is 12.1 Å². The Hall–Kier alpha value is -1.70. The average Bonchev–Trinajstić information content (AvgIpc) is 3.05. The molecule has 1 heterocycles. The molecule has 124 valence electrons. The zero-order chi connectivity index (χ0) is 17.0. The van der Waals surface area contributed by atoms with Crippen LogP contribution in [0.2, 0.25) is 0 Å². The number of amides is 1. The van der Waals surface area contributed by atoms with E-state index in [9.17, 15) is 13.2 Å². The summed E-state index contributed by atoms with van der Waals surface area (Å²) in [6.07, 6.45) is 0. The molecule has 0 spiro atoms. The smallest absolute Gasteiger partial charge is 0.254 e. The molecule has 0 aliphatic carbocycles. The van der Waals surface area contributed by atoms with Crippen molar-refractivity contribution >= 4 is 27.3 Å². The first-order chi connectivity index (χ1) is 10.9. The molecule has 0 saturated heterocycles. The number of hydrogen-bond acceptors (Lipinski definition) is 4. The number of carbonyl (C=O) groups excluding carboxylic acids is 1. The molecule has 23 heavy (non-hydrogen) atoms.